The summed E-state index contributed by atoms with van der Waals surface area (Å²) < 4.78 is 0.899. The first-order valence-electron chi connectivity index (χ1n) is 3.26. The Balaban J connectivity index is 2.84. The Labute approximate surface area is 71.3 Å². The lowest BCUT2D eigenvalue weighted by atomic mass is 10.2. The van der Waals surface area contributed by atoms with E-state index in [1.807, 2.05) is 0 Å². The van der Waals surface area contributed by atoms with Gasteiger partial charge in [-0.1, -0.05) is 24.0 Å². The second-order valence-electron chi connectivity index (χ2n) is 2.48. The van der Waals surface area contributed by atoms with Crippen LogP contribution in [0.15, 0.2) is 11.3 Å². The van der Waals surface area contributed by atoms with Crippen molar-refractivity contribution in [2.24, 2.45) is 0 Å². The molecule has 1 atom stereocenters. The van der Waals surface area contributed by atoms with Crippen molar-refractivity contribution in [1.29, 1.82) is 0 Å². The van der Waals surface area contributed by atoms with Crippen molar-refractivity contribution in [2.45, 2.75) is 26.0 Å². The van der Waals surface area contributed by atoms with Crippen LogP contribution in [0, 0.1) is 0 Å². The Morgan fingerprint density at radius 1 is 1.50 bits per heavy atom. The molecule has 0 fully saturated rings. The molecule has 0 aliphatic carbocycles. The highest BCUT2D eigenvalue weighted by molar-refractivity contribution is 8.23. The summed E-state index contributed by atoms with van der Waals surface area (Å²) in [6.45, 7) is 6.39. The van der Waals surface area contributed by atoms with Crippen molar-refractivity contribution in [2.75, 3.05) is 0 Å². The molecule has 0 bridgehead atoms. The zero-order valence-corrected chi connectivity index (χ0v) is 8.03. The predicted molar refractivity (Wildman–Crippen MR) is 51.2 cm³/mol. The van der Waals surface area contributed by atoms with Crippen molar-refractivity contribution in [3.63, 3.8) is 0 Å². The minimum absolute atomic E-state index is 0.550. The van der Waals surface area contributed by atoms with Crippen LogP contribution in [0.5, 0.6) is 0 Å². The molecule has 1 rings (SSSR count). The van der Waals surface area contributed by atoms with Gasteiger partial charge in [-0.25, -0.2) is 0 Å². The van der Waals surface area contributed by atoms with Gasteiger partial charge < -0.3 is 5.32 Å². The summed E-state index contributed by atoms with van der Waals surface area (Å²) in [5.41, 5.74) is 2.62. The van der Waals surface area contributed by atoms with E-state index < -0.39 is 0 Å². The average Bonchev–Trinajstić information content (AvgIpc) is 1.82. The van der Waals surface area contributed by atoms with E-state index in [0.29, 0.717) is 5.25 Å². The van der Waals surface area contributed by atoms with Crippen molar-refractivity contribution < 1.29 is 0 Å². The summed E-state index contributed by atoms with van der Waals surface area (Å²) >= 11 is 6.75. The average molecular weight is 173 g/mol. The minimum atomic E-state index is 0.550. The molecule has 10 heavy (non-hydrogen) atoms. The van der Waals surface area contributed by atoms with Gasteiger partial charge in [0, 0.05) is 10.9 Å². The van der Waals surface area contributed by atoms with Crippen molar-refractivity contribution in [1.82, 2.24) is 5.32 Å². The fraction of sp³-hybridized carbons (Fsp3) is 0.571. The Morgan fingerprint density at radius 2 is 2.10 bits per heavy atom. The summed E-state index contributed by atoms with van der Waals surface area (Å²) in [7, 11) is 0. The van der Waals surface area contributed by atoms with E-state index in [0.717, 1.165) is 4.32 Å². The molecule has 56 valence electrons. The number of hydrogen-bond acceptors (Lipinski definition) is 2. The Bertz CT molecular complexity index is 196. The van der Waals surface area contributed by atoms with E-state index in [-0.39, 0.29) is 0 Å². The van der Waals surface area contributed by atoms with Crippen LogP contribution >= 0.6 is 24.0 Å². The first-order chi connectivity index (χ1) is 4.61. The molecule has 1 unspecified atom stereocenters. The molecule has 1 heterocycles. The fourth-order valence-corrected chi connectivity index (χ4v) is 2.31. The molecule has 0 aromatic rings. The van der Waals surface area contributed by atoms with Crippen LogP contribution in [0.3, 0.4) is 0 Å². The van der Waals surface area contributed by atoms with Gasteiger partial charge in [-0.3, -0.25) is 0 Å². The number of nitrogens with one attached hydrogen (secondary N) is 1. The van der Waals surface area contributed by atoms with Gasteiger partial charge >= 0.3 is 0 Å². The topological polar surface area (TPSA) is 12.0 Å². The highest BCUT2D eigenvalue weighted by Gasteiger charge is 2.16. The van der Waals surface area contributed by atoms with Gasteiger partial charge in [0.1, 0.15) is 4.32 Å². The van der Waals surface area contributed by atoms with Crippen molar-refractivity contribution in [3.8, 4) is 0 Å². The maximum Gasteiger partial charge on any atom is 0.138 e. The highest BCUT2D eigenvalue weighted by atomic mass is 32.2. The second-order valence-corrected chi connectivity index (χ2v) is 4.50. The third kappa shape index (κ3) is 1.52. The summed E-state index contributed by atoms with van der Waals surface area (Å²) in [5, 5.41) is 3.68. The number of thioether (sulfide) groups is 1. The molecule has 1 aliphatic rings. The first-order valence-corrected chi connectivity index (χ1v) is 4.55. The molecule has 1 N–H and O–H groups in total. The number of allylic oxidation sites excluding steroid dienone is 1. The molecular weight excluding hydrogens is 162 g/mol. The van der Waals surface area contributed by atoms with Crippen molar-refractivity contribution >= 4 is 28.3 Å². The van der Waals surface area contributed by atoms with Crippen LogP contribution in [0.2, 0.25) is 0 Å². The summed E-state index contributed by atoms with van der Waals surface area (Å²) in [6, 6.07) is 0. The zero-order valence-electron chi connectivity index (χ0n) is 6.39. The number of hydrogen-bond donors (Lipinski definition) is 1. The molecule has 0 amide bonds. The highest BCUT2D eigenvalue weighted by Crippen LogP contribution is 2.25. The van der Waals surface area contributed by atoms with Crippen LogP contribution in [0.1, 0.15) is 20.8 Å². The number of rotatable bonds is 0. The van der Waals surface area contributed by atoms with Gasteiger partial charge in [0.25, 0.3) is 0 Å². The molecule has 3 heteroatoms. The zero-order chi connectivity index (χ0) is 7.72. The molecule has 1 aliphatic heterocycles. The molecular formula is C7H11NS2. The lowest BCUT2D eigenvalue weighted by molar-refractivity contribution is 0.997. The molecule has 0 saturated heterocycles. The second kappa shape index (κ2) is 2.93. The van der Waals surface area contributed by atoms with Crippen LogP contribution in [0.25, 0.3) is 0 Å². The van der Waals surface area contributed by atoms with E-state index in [2.05, 4.69) is 26.1 Å². The Hall–Kier alpha value is -0.0200. The third-order valence-corrected chi connectivity index (χ3v) is 3.19. The quantitative estimate of drug-likeness (QED) is 0.564. The molecule has 0 spiro atoms. The van der Waals surface area contributed by atoms with Crippen LogP contribution in [0.4, 0.5) is 0 Å². The predicted octanol–water partition coefficient (Wildman–Crippen LogP) is 2.29. The van der Waals surface area contributed by atoms with Crippen molar-refractivity contribution in [3.05, 3.63) is 11.3 Å². The lowest BCUT2D eigenvalue weighted by Gasteiger charge is -2.22. The largest absolute Gasteiger partial charge is 0.345 e. The summed E-state index contributed by atoms with van der Waals surface area (Å²) in [5.74, 6) is 0. The molecule has 0 aromatic heterocycles. The van der Waals surface area contributed by atoms with E-state index in [4.69, 9.17) is 12.2 Å². The van der Waals surface area contributed by atoms with Gasteiger partial charge in [0.05, 0.1) is 0 Å². The van der Waals surface area contributed by atoms with Crippen LogP contribution < -0.4 is 5.32 Å². The maximum absolute atomic E-state index is 5.03. The minimum Gasteiger partial charge on any atom is -0.345 e. The molecule has 0 aromatic carbocycles. The van der Waals surface area contributed by atoms with Crippen LogP contribution in [-0.4, -0.2) is 9.57 Å². The fourth-order valence-electron chi connectivity index (χ4n) is 0.835. The summed E-state index contributed by atoms with van der Waals surface area (Å²) in [4.78, 5) is 0. The lowest BCUT2D eigenvalue weighted by Crippen LogP contribution is -2.26. The van der Waals surface area contributed by atoms with E-state index in [1.54, 1.807) is 11.8 Å². The first kappa shape index (κ1) is 8.08. The van der Waals surface area contributed by atoms with Gasteiger partial charge in [-0.2, -0.15) is 0 Å². The van der Waals surface area contributed by atoms with Crippen LogP contribution in [-0.2, 0) is 0 Å². The summed E-state index contributed by atoms with van der Waals surface area (Å²) in [6.07, 6.45) is 0. The van der Waals surface area contributed by atoms with E-state index in [9.17, 15) is 0 Å². The molecule has 0 radical (unpaired) electrons. The standard InChI is InChI=1S/C7H11NS2/c1-4-5(2)8-7(9)10-6(4)3/h6H,1-3H3,(H,8,9). The monoisotopic (exact) mass is 173 g/mol. The molecule has 0 saturated carbocycles. The van der Waals surface area contributed by atoms with Gasteiger partial charge in [0.15, 0.2) is 0 Å². The SMILES string of the molecule is CC1=C(C)C(C)SC(=S)N1. The Morgan fingerprint density at radius 3 is 2.60 bits per heavy atom. The number of thiocarbonyl (C=S) groups is 1. The normalized spacial score (nSPS) is 26.7. The maximum atomic E-state index is 5.03. The third-order valence-electron chi connectivity index (χ3n) is 1.77. The van der Waals surface area contributed by atoms with E-state index >= 15 is 0 Å². The van der Waals surface area contributed by atoms with Gasteiger partial charge in [0.2, 0.25) is 0 Å². The smallest absolute Gasteiger partial charge is 0.138 e. The van der Waals surface area contributed by atoms with E-state index in [1.165, 1.54) is 11.3 Å². The van der Waals surface area contributed by atoms with Gasteiger partial charge in [-0.05, 0) is 26.3 Å². The molecule has 1 nitrogen and oxygen atoms in total. The Kier molecular flexibility index (Phi) is 2.36. The van der Waals surface area contributed by atoms with Gasteiger partial charge in [-0.15, -0.1) is 0 Å².